The molecule has 0 unspecified atom stereocenters. The van der Waals surface area contributed by atoms with Gasteiger partial charge in [-0.05, 0) is 49.6 Å². The second-order valence-corrected chi connectivity index (χ2v) is 6.10. The highest BCUT2D eigenvalue weighted by atomic mass is 16.5. The molecule has 0 aliphatic rings. The number of fused-ring (bicyclic) bond motifs is 1. The minimum atomic E-state index is -0.169. The molecule has 0 aliphatic carbocycles. The zero-order valence-corrected chi connectivity index (χ0v) is 14.8. The van der Waals surface area contributed by atoms with E-state index in [9.17, 15) is 4.79 Å². The van der Waals surface area contributed by atoms with Gasteiger partial charge in [0.05, 0.1) is 13.4 Å². The molecule has 1 heterocycles. The van der Waals surface area contributed by atoms with Crippen LogP contribution in [0.1, 0.15) is 23.6 Å². The maximum absolute atomic E-state index is 12.4. The summed E-state index contributed by atoms with van der Waals surface area (Å²) in [4.78, 5) is 12.4. The largest absolute Gasteiger partial charge is 0.496 e. The molecule has 1 aromatic heterocycles. The molecule has 128 valence electrons. The Labute approximate surface area is 147 Å². The molecule has 3 rings (SSSR count). The van der Waals surface area contributed by atoms with Crippen molar-refractivity contribution in [2.75, 3.05) is 12.4 Å². The second-order valence-electron chi connectivity index (χ2n) is 6.10. The van der Waals surface area contributed by atoms with E-state index >= 15 is 0 Å². The number of hydrogen-bond acceptors (Lipinski definition) is 3. The summed E-state index contributed by atoms with van der Waals surface area (Å²) < 4.78 is 11.0. The van der Waals surface area contributed by atoms with Crippen LogP contribution in [-0.4, -0.2) is 13.0 Å². The van der Waals surface area contributed by atoms with Gasteiger partial charge in [0.1, 0.15) is 11.3 Å². The van der Waals surface area contributed by atoms with Crippen molar-refractivity contribution in [3.05, 3.63) is 65.4 Å². The van der Waals surface area contributed by atoms with Gasteiger partial charge in [-0.15, -0.1) is 0 Å². The lowest BCUT2D eigenvalue weighted by Crippen LogP contribution is -2.09. The number of para-hydroxylation sites is 1. The molecule has 0 saturated heterocycles. The summed E-state index contributed by atoms with van der Waals surface area (Å²) >= 11 is 0. The number of carbonyl (C=O) groups excluding carboxylic acids is 1. The zero-order valence-electron chi connectivity index (χ0n) is 14.8. The first kappa shape index (κ1) is 16.8. The Hall–Kier alpha value is -3.01. The average molecular weight is 335 g/mol. The molecule has 0 atom stereocenters. The van der Waals surface area contributed by atoms with Gasteiger partial charge in [0.2, 0.25) is 5.91 Å². The molecule has 1 N–H and O–H groups in total. The predicted octanol–water partition coefficient (Wildman–Crippen LogP) is 5.10. The first-order chi connectivity index (χ1) is 12.0. The molecular formula is C21H21NO3. The Bertz CT molecular complexity index is 966. The summed E-state index contributed by atoms with van der Waals surface area (Å²) in [5.74, 6) is 0.511. The van der Waals surface area contributed by atoms with Crippen LogP contribution in [0.2, 0.25) is 0 Å². The molecule has 4 nitrogen and oxygen atoms in total. The lowest BCUT2D eigenvalue weighted by Gasteiger charge is -2.10. The van der Waals surface area contributed by atoms with Gasteiger partial charge in [-0.3, -0.25) is 4.79 Å². The maximum Gasteiger partial charge on any atom is 0.248 e. The van der Waals surface area contributed by atoms with Crippen LogP contribution in [0.15, 0.2) is 53.2 Å². The summed E-state index contributed by atoms with van der Waals surface area (Å²) in [6, 6.07) is 11.5. The highest BCUT2D eigenvalue weighted by Gasteiger charge is 2.12. The van der Waals surface area contributed by atoms with Crippen LogP contribution in [0.3, 0.4) is 0 Å². The number of carbonyl (C=O) groups is 1. The Kier molecular flexibility index (Phi) is 4.61. The maximum atomic E-state index is 12.4. The fourth-order valence-electron chi connectivity index (χ4n) is 2.82. The van der Waals surface area contributed by atoms with Crippen molar-refractivity contribution in [2.45, 2.75) is 20.8 Å². The van der Waals surface area contributed by atoms with E-state index in [1.807, 2.05) is 57.2 Å². The highest BCUT2D eigenvalue weighted by molar-refractivity contribution is 6.05. The van der Waals surface area contributed by atoms with E-state index in [0.29, 0.717) is 5.75 Å². The monoisotopic (exact) mass is 335 g/mol. The van der Waals surface area contributed by atoms with Crippen molar-refractivity contribution in [1.29, 1.82) is 0 Å². The third-order valence-corrected chi connectivity index (χ3v) is 4.26. The smallest absolute Gasteiger partial charge is 0.248 e. The van der Waals surface area contributed by atoms with Gasteiger partial charge in [-0.2, -0.15) is 0 Å². The normalized spacial score (nSPS) is 11.6. The molecule has 4 heteroatoms. The van der Waals surface area contributed by atoms with Crippen LogP contribution in [0.5, 0.6) is 5.75 Å². The molecular weight excluding hydrogens is 314 g/mol. The number of rotatable bonds is 4. The topological polar surface area (TPSA) is 51.5 Å². The lowest BCUT2D eigenvalue weighted by molar-refractivity contribution is -0.111. The number of anilines is 1. The van der Waals surface area contributed by atoms with E-state index in [-0.39, 0.29) is 5.91 Å². The van der Waals surface area contributed by atoms with Gasteiger partial charge in [-0.1, -0.05) is 18.2 Å². The SMILES string of the molecule is COc1cc2occ(C)c2cc1/C(C)=C/C(=O)Nc1ccccc1C. The summed E-state index contributed by atoms with van der Waals surface area (Å²) in [6.07, 6.45) is 3.31. The number of benzene rings is 2. The van der Waals surface area contributed by atoms with Crippen LogP contribution in [-0.2, 0) is 4.79 Å². The van der Waals surface area contributed by atoms with Crippen molar-refractivity contribution in [3.63, 3.8) is 0 Å². The van der Waals surface area contributed by atoms with Crippen LogP contribution in [0.25, 0.3) is 16.5 Å². The summed E-state index contributed by atoms with van der Waals surface area (Å²) in [6.45, 7) is 5.85. The fourth-order valence-corrected chi connectivity index (χ4v) is 2.82. The number of ether oxygens (including phenoxy) is 1. The Morgan fingerprint density at radius 3 is 2.64 bits per heavy atom. The molecule has 3 aromatic rings. The van der Waals surface area contributed by atoms with Gasteiger partial charge in [0.25, 0.3) is 0 Å². The number of furan rings is 1. The first-order valence-electron chi connectivity index (χ1n) is 8.10. The number of methoxy groups -OCH3 is 1. The fraction of sp³-hybridized carbons (Fsp3) is 0.190. The second kappa shape index (κ2) is 6.85. The van der Waals surface area contributed by atoms with Gasteiger partial charge in [0, 0.05) is 28.8 Å². The minimum Gasteiger partial charge on any atom is -0.496 e. The molecule has 0 fully saturated rings. The summed E-state index contributed by atoms with van der Waals surface area (Å²) in [7, 11) is 1.61. The Balaban J connectivity index is 1.93. The standard InChI is InChI=1S/C21H21NO3/c1-13-7-5-6-8-18(13)22-21(23)9-14(2)16-10-17-15(3)12-25-20(17)11-19(16)24-4/h5-12H,1-4H3,(H,22,23)/b14-9+. The average Bonchev–Trinajstić information content (AvgIpc) is 2.96. The molecule has 0 spiro atoms. The van der Waals surface area contributed by atoms with Crippen LogP contribution < -0.4 is 10.1 Å². The number of allylic oxidation sites excluding steroid dienone is 1. The molecule has 0 radical (unpaired) electrons. The first-order valence-corrected chi connectivity index (χ1v) is 8.10. The van der Waals surface area contributed by atoms with Gasteiger partial charge in [-0.25, -0.2) is 0 Å². The van der Waals surface area contributed by atoms with Crippen molar-refractivity contribution in [3.8, 4) is 5.75 Å². The van der Waals surface area contributed by atoms with E-state index in [2.05, 4.69) is 5.32 Å². The zero-order chi connectivity index (χ0) is 18.0. The van der Waals surface area contributed by atoms with Gasteiger partial charge in [0.15, 0.2) is 0 Å². The van der Waals surface area contributed by atoms with E-state index in [1.54, 1.807) is 19.4 Å². The van der Waals surface area contributed by atoms with Crippen LogP contribution in [0, 0.1) is 13.8 Å². The molecule has 0 bridgehead atoms. The third-order valence-electron chi connectivity index (χ3n) is 4.26. The van der Waals surface area contributed by atoms with Crippen molar-refractivity contribution < 1.29 is 13.9 Å². The van der Waals surface area contributed by atoms with Crippen LogP contribution >= 0.6 is 0 Å². The number of amides is 1. The predicted molar refractivity (Wildman–Crippen MR) is 101 cm³/mol. The molecule has 25 heavy (non-hydrogen) atoms. The van der Waals surface area contributed by atoms with E-state index in [0.717, 1.165) is 38.9 Å². The quantitative estimate of drug-likeness (QED) is 0.675. The van der Waals surface area contributed by atoms with Crippen molar-refractivity contribution >= 4 is 28.1 Å². The van der Waals surface area contributed by atoms with Crippen molar-refractivity contribution in [1.82, 2.24) is 0 Å². The van der Waals surface area contributed by atoms with Crippen LogP contribution in [0.4, 0.5) is 5.69 Å². The summed E-state index contributed by atoms with van der Waals surface area (Å²) in [5, 5.41) is 3.93. The minimum absolute atomic E-state index is 0.169. The highest BCUT2D eigenvalue weighted by Crippen LogP contribution is 2.33. The van der Waals surface area contributed by atoms with E-state index < -0.39 is 0 Å². The molecule has 2 aromatic carbocycles. The molecule has 1 amide bonds. The van der Waals surface area contributed by atoms with E-state index in [4.69, 9.17) is 9.15 Å². The van der Waals surface area contributed by atoms with Gasteiger partial charge < -0.3 is 14.5 Å². The molecule has 0 aliphatic heterocycles. The Morgan fingerprint density at radius 2 is 1.92 bits per heavy atom. The summed E-state index contributed by atoms with van der Waals surface area (Å²) in [5.41, 5.74) is 5.36. The van der Waals surface area contributed by atoms with Crippen molar-refractivity contribution in [2.24, 2.45) is 0 Å². The number of hydrogen-bond donors (Lipinski definition) is 1. The third kappa shape index (κ3) is 3.43. The van der Waals surface area contributed by atoms with E-state index in [1.165, 1.54) is 0 Å². The lowest BCUT2D eigenvalue weighted by atomic mass is 10.0. The Morgan fingerprint density at radius 1 is 1.16 bits per heavy atom. The number of nitrogens with one attached hydrogen (secondary N) is 1. The molecule has 0 saturated carbocycles. The number of aryl methyl sites for hydroxylation is 2. The van der Waals surface area contributed by atoms with Gasteiger partial charge >= 0.3 is 0 Å².